The van der Waals surface area contributed by atoms with Crippen LogP contribution in [-0.2, 0) is 4.79 Å². The van der Waals surface area contributed by atoms with Gasteiger partial charge in [0, 0.05) is 12.5 Å². The summed E-state index contributed by atoms with van der Waals surface area (Å²) in [7, 11) is 0. The van der Waals surface area contributed by atoms with E-state index >= 15 is 0 Å². The van der Waals surface area contributed by atoms with Gasteiger partial charge in [-0.3, -0.25) is 4.79 Å². The van der Waals surface area contributed by atoms with Gasteiger partial charge in [-0.2, -0.15) is 0 Å². The van der Waals surface area contributed by atoms with Gasteiger partial charge in [0.1, 0.15) is 0 Å². The van der Waals surface area contributed by atoms with Gasteiger partial charge in [-0.15, -0.1) is 12.4 Å². The summed E-state index contributed by atoms with van der Waals surface area (Å²) in [6.45, 7) is 3.69. The number of carbonyl (C=O) groups is 1. The molecule has 2 rings (SSSR count). The van der Waals surface area contributed by atoms with Crippen LogP contribution in [0, 0.1) is 11.8 Å². The number of alkyl halides is 2. The summed E-state index contributed by atoms with van der Waals surface area (Å²) in [5.41, 5.74) is 0. The summed E-state index contributed by atoms with van der Waals surface area (Å²) in [6, 6.07) is 0.0816. The van der Waals surface area contributed by atoms with Crippen molar-refractivity contribution >= 4 is 18.3 Å². The zero-order valence-electron chi connectivity index (χ0n) is 12.0. The van der Waals surface area contributed by atoms with Gasteiger partial charge < -0.3 is 10.2 Å². The van der Waals surface area contributed by atoms with Crippen molar-refractivity contribution in [3.8, 4) is 0 Å². The van der Waals surface area contributed by atoms with E-state index < -0.39 is 6.43 Å². The molecule has 0 aromatic rings. The molecule has 3 nitrogen and oxygen atoms in total. The Balaban J connectivity index is 0.00000200. The van der Waals surface area contributed by atoms with Crippen LogP contribution in [0.1, 0.15) is 39.0 Å². The van der Waals surface area contributed by atoms with Gasteiger partial charge in [0.05, 0.1) is 6.54 Å². The lowest BCUT2D eigenvalue weighted by Crippen LogP contribution is -2.40. The quantitative estimate of drug-likeness (QED) is 0.818. The van der Waals surface area contributed by atoms with Gasteiger partial charge in [-0.1, -0.05) is 6.92 Å². The molecule has 2 fully saturated rings. The average Bonchev–Trinajstić information content (AvgIpc) is 3.21. The number of carbonyl (C=O) groups excluding carboxylic acids is 1. The number of nitrogens with zero attached hydrogens (tertiary/aromatic N) is 1. The molecule has 20 heavy (non-hydrogen) atoms. The Morgan fingerprint density at radius 2 is 2.05 bits per heavy atom. The van der Waals surface area contributed by atoms with Crippen LogP contribution in [-0.4, -0.2) is 42.9 Å². The first-order valence-corrected chi connectivity index (χ1v) is 7.36. The van der Waals surface area contributed by atoms with Crippen molar-refractivity contribution in [3.05, 3.63) is 0 Å². The highest BCUT2D eigenvalue weighted by molar-refractivity contribution is 5.85. The highest BCUT2D eigenvalue weighted by Gasteiger charge is 2.35. The Morgan fingerprint density at radius 3 is 2.55 bits per heavy atom. The van der Waals surface area contributed by atoms with Gasteiger partial charge in [-0.05, 0) is 50.6 Å². The van der Waals surface area contributed by atoms with Crippen LogP contribution in [0.5, 0.6) is 0 Å². The zero-order valence-corrected chi connectivity index (χ0v) is 12.8. The second-order valence-corrected chi connectivity index (χ2v) is 5.96. The maximum atomic E-state index is 12.5. The monoisotopic (exact) mass is 310 g/mol. The Labute approximate surface area is 125 Å². The number of amides is 1. The molecule has 1 N–H and O–H groups in total. The van der Waals surface area contributed by atoms with Crippen molar-refractivity contribution in [3.63, 3.8) is 0 Å². The summed E-state index contributed by atoms with van der Waals surface area (Å²) < 4.78 is 25.0. The van der Waals surface area contributed by atoms with E-state index in [1.807, 2.05) is 0 Å². The van der Waals surface area contributed by atoms with E-state index in [9.17, 15) is 13.6 Å². The van der Waals surface area contributed by atoms with E-state index in [0.717, 1.165) is 38.8 Å². The molecule has 118 valence electrons. The van der Waals surface area contributed by atoms with E-state index in [4.69, 9.17) is 0 Å². The molecule has 1 saturated carbocycles. The van der Waals surface area contributed by atoms with Crippen molar-refractivity contribution in [2.75, 3.05) is 19.6 Å². The summed E-state index contributed by atoms with van der Waals surface area (Å²) in [6.07, 6.45) is 2.05. The number of halogens is 3. The van der Waals surface area contributed by atoms with Crippen molar-refractivity contribution < 1.29 is 13.6 Å². The molecule has 0 aromatic carbocycles. The van der Waals surface area contributed by atoms with Gasteiger partial charge in [0.25, 0.3) is 6.43 Å². The summed E-state index contributed by atoms with van der Waals surface area (Å²) >= 11 is 0. The van der Waals surface area contributed by atoms with E-state index in [1.165, 1.54) is 4.90 Å². The zero-order chi connectivity index (χ0) is 13.8. The number of hydrogen-bond donors (Lipinski definition) is 1. The molecule has 0 aromatic heterocycles. The van der Waals surface area contributed by atoms with Crippen LogP contribution in [0.4, 0.5) is 8.78 Å². The minimum atomic E-state index is -2.42. The third-order valence-corrected chi connectivity index (χ3v) is 4.28. The molecule has 0 radical (unpaired) electrons. The standard InChI is InChI=1S/C14H24F2N2O.ClH/c1-10(11-3-2-6-17-8-11)7-14(19)18(9-13(15)16)12-4-5-12;/h10-13,17H,2-9H2,1H3;1H. The van der Waals surface area contributed by atoms with E-state index in [2.05, 4.69) is 12.2 Å². The summed E-state index contributed by atoms with van der Waals surface area (Å²) in [5, 5.41) is 3.34. The van der Waals surface area contributed by atoms with Crippen molar-refractivity contribution in [1.29, 1.82) is 0 Å². The Bertz CT molecular complexity index is 308. The number of rotatable bonds is 6. The van der Waals surface area contributed by atoms with E-state index in [1.54, 1.807) is 0 Å². The lowest BCUT2D eigenvalue weighted by Gasteiger charge is -2.30. The molecule has 1 saturated heterocycles. The van der Waals surface area contributed by atoms with Crippen molar-refractivity contribution in [2.45, 2.75) is 51.5 Å². The Hall–Kier alpha value is -0.420. The lowest BCUT2D eigenvalue weighted by atomic mass is 9.85. The fourth-order valence-corrected chi connectivity index (χ4v) is 2.91. The van der Waals surface area contributed by atoms with Crippen molar-refractivity contribution in [2.24, 2.45) is 11.8 Å². The Morgan fingerprint density at radius 1 is 1.35 bits per heavy atom. The largest absolute Gasteiger partial charge is 0.334 e. The first kappa shape index (κ1) is 17.6. The first-order chi connectivity index (χ1) is 9.08. The van der Waals surface area contributed by atoms with Crippen LogP contribution >= 0.6 is 12.4 Å². The molecule has 2 atom stereocenters. The molecule has 2 aliphatic rings. The summed E-state index contributed by atoms with van der Waals surface area (Å²) in [5.74, 6) is 0.699. The van der Waals surface area contributed by atoms with Gasteiger partial charge in [-0.25, -0.2) is 8.78 Å². The normalized spacial score (nSPS) is 24.1. The topological polar surface area (TPSA) is 32.3 Å². The fraction of sp³-hybridized carbons (Fsp3) is 0.929. The molecule has 6 heteroatoms. The lowest BCUT2D eigenvalue weighted by molar-refractivity contribution is -0.135. The van der Waals surface area contributed by atoms with E-state index in [-0.39, 0.29) is 36.8 Å². The average molecular weight is 311 g/mol. The molecule has 1 heterocycles. The molecular weight excluding hydrogens is 286 g/mol. The number of hydrogen-bond acceptors (Lipinski definition) is 2. The van der Waals surface area contributed by atoms with Crippen LogP contribution < -0.4 is 5.32 Å². The van der Waals surface area contributed by atoms with Crippen LogP contribution in [0.15, 0.2) is 0 Å². The number of piperidine rings is 1. The van der Waals surface area contributed by atoms with Crippen LogP contribution in [0.2, 0.25) is 0 Å². The minimum absolute atomic E-state index is 0. The Kier molecular flexibility index (Phi) is 7.17. The second-order valence-electron chi connectivity index (χ2n) is 5.96. The SMILES string of the molecule is CC(CC(=O)N(CC(F)F)C1CC1)C1CCCNC1.Cl. The molecule has 2 unspecified atom stereocenters. The minimum Gasteiger partial charge on any atom is -0.334 e. The predicted molar refractivity (Wildman–Crippen MR) is 77.4 cm³/mol. The predicted octanol–water partition coefficient (Wildman–Crippen LogP) is 2.69. The van der Waals surface area contributed by atoms with Gasteiger partial charge in [0.2, 0.25) is 5.91 Å². The highest BCUT2D eigenvalue weighted by Crippen LogP contribution is 2.30. The molecule has 0 bridgehead atoms. The fourth-order valence-electron chi connectivity index (χ4n) is 2.91. The van der Waals surface area contributed by atoms with E-state index in [0.29, 0.717) is 12.3 Å². The second kappa shape index (κ2) is 8.13. The molecular formula is C14H25ClF2N2O. The maximum absolute atomic E-state index is 12.5. The van der Waals surface area contributed by atoms with Gasteiger partial charge in [0.15, 0.2) is 0 Å². The molecule has 0 spiro atoms. The molecule has 1 aliphatic heterocycles. The maximum Gasteiger partial charge on any atom is 0.255 e. The molecule has 1 aliphatic carbocycles. The first-order valence-electron chi connectivity index (χ1n) is 7.36. The van der Waals surface area contributed by atoms with Gasteiger partial charge >= 0.3 is 0 Å². The third kappa shape index (κ3) is 5.17. The summed E-state index contributed by atoms with van der Waals surface area (Å²) in [4.78, 5) is 13.6. The van der Waals surface area contributed by atoms with Crippen LogP contribution in [0.3, 0.4) is 0 Å². The highest BCUT2D eigenvalue weighted by atomic mass is 35.5. The number of nitrogens with one attached hydrogen (secondary N) is 1. The van der Waals surface area contributed by atoms with Crippen molar-refractivity contribution in [1.82, 2.24) is 10.2 Å². The third-order valence-electron chi connectivity index (χ3n) is 4.28. The molecule has 1 amide bonds. The smallest absolute Gasteiger partial charge is 0.255 e. The van der Waals surface area contributed by atoms with Crippen LogP contribution in [0.25, 0.3) is 0 Å².